The van der Waals surface area contributed by atoms with Gasteiger partial charge in [-0.05, 0) is 113 Å². The minimum atomic E-state index is -0.617. The molecule has 0 fully saturated rings. The lowest BCUT2D eigenvalue weighted by Crippen LogP contribution is -2.37. The summed E-state index contributed by atoms with van der Waals surface area (Å²) in [5.74, 6) is 0. The number of fused-ring (bicyclic) bond motifs is 8. The van der Waals surface area contributed by atoms with Gasteiger partial charge in [-0.25, -0.2) is 0 Å². The van der Waals surface area contributed by atoms with Crippen molar-refractivity contribution in [3.8, 4) is 11.4 Å². The minimum Gasteiger partial charge on any atom is -0.310 e. The Morgan fingerprint density at radius 1 is 0.379 bits per heavy atom. The van der Waals surface area contributed by atoms with Crippen LogP contribution < -0.4 is 4.90 Å². The van der Waals surface area contributed by atoms with Crippen LogP contribution in [0.2, 0.25) is 0 Å². The lowest BCUT2D eigenvalue weighted by molar-refractivity contribution is 0.730. The zero-order valence-electron chi connectivity index (χ0n) is 32.0. The van der Waals surface area contributed by atoms with E-state index in [0.717, 1.165) is 24.2 Å². The van der Waals surface area contributed by atoms with Gasteiger partial charge < -0.3 is 14.0 Å². The van der Waals surface area contributed by atoms with Crippen molar-refractivity contribution in [1.82, 2.24) is 9.13 Å². The van der Waals surface area contributed by atoms with Crippen LogP contribution in [0.3, 0.4) is 0 Å². The number of nitrogens with zero attached hydrogens (tertiary/aromatic N) is 3. The third-order valence-electron chi connectivity index (χ3n) is 12.7. The van der Waals surface area contributed by atoms with Crippen molar-refractivity contribution in [3.63, 3.8) is 0 Å². The van der Waals surface area contributed by atoms with Gasteiger partial charge in [0, 0.05) is 38.9 Å². The van der Waals surface area contributed by atoms with E-state index in [1.165, 1.54) is 83.3 Å². The van der Waals surface area contributed by atoms with E-state index < -0.39 is 5.41 Å². The summed E-state index contributed by atoms with van der Waals surface area (Å²) >= 11 is 0. The quantitative estimate of drug-likeness (QED) is 0.171. The molecule has 0 N–H and O–H groups in total. The molecular formula is C55H39N3. The SMILES string of the molecule is C1=Cc2c(c3ccccc3n2-c2ccc(C3(c4ccc(-n5c6ccccc6c6ccccc65)cc4)c4ccccc4N(c4ccccc4)c4ccccc43)cc2)CC1. The molecule has 3 nitrogen and oxygen atoms in total. The summed E-state index contributed by atoms with van der Waals surface area (Å²) in [6.07, 6.45) is 6.78. The molecular weight excluding hydrogens is 703 g/mol. The van der Waals surface area contributed by atoms with Crippen molar-refractivity contribution in [2.45, 2.75) is 18.3 Å². The number of para-hydroxylation sites is 6. The predicted molar refractivity (Wildman–Crippen MR) is 242 cm³/mol. The summed E-state index contributed by atoms with van der Waals surface area (Å²) < 4.78 is 4.86. The first-order chi connectivity index (χ1) is 28.8. The molecule has 0 amide bonds. The summed E-state index contributed by atoms with van der Waals surface area (Å²) in [6.45, 7) is 0. The molecule has 2 aromatic heterocycles. The Bertz CT molecular complexity index is 3120. The molecule has 10 aromatic rings. The van der Waals surface area contributed by atoms with Gasteiger partial charge in [0.05, 0.1) is 33.3 Å². The Kier molecular flexibility index (Phi) is 7.27. The minimum absolute atomic E-state index is 0.617. The normalized spacial score (nSPS) is 14.1. The number of rotatable bonds is 5. The smallest absolute Gasteiger partial charge is 0.0742 e. The van der Waals surface area contributed by atoms with Gasteiger partial charge in [0.1, 0.15) is 0 Å². The average Bonchev–Trinajstić information content (AvgIpc) is 3.82. The molecule has 0 saturated heterocycles. The molecule has 1 aliphatic heterocycles. The van der Waals surface area contributed by atoms with Crippen LogP contribution in [-0.2, 0) is 11.8 Å². The molecule has 0 bridgehead atoms. The molecule has 2 aliphatic rings. The van der Waals surface area contributed by atoms with Crippen molar-refractivity contribution < 1.29 is 0 Å². The summed E-state index contributed by atoms with van der Waals surface area (Å²) in [5.41, 5.74) is 16.6. The first-order valence-corrected chi connectivity index (χ1v) is 20.3. The average molecular weight is 742 g/mol. The number of aryl methyl sites for hydroxylation is 1. The van der Waals surface area contributed by atoms with Gasteiger partial charge in [-0.15, -0.1) is 0 Å². The fourth-order valence-corrected chi connectivity index (χ4v) is 10.3. The van der Waals surface area contributed by atoms with Crippen molar-refractivity contribution in [3.05, 3.63) is 240 Å². The molecule has 0 unspecified atom stereocenters. The lowest BCUT2D eigenvalue weighted by atomic mass is 9.62. The molecule has 0 saturated carbocycles. The highest BCUT2D eigenvalue weighted by Crippen LogP contribution is 2.57. The number of anilines is 3. The lowest BCUT2D eigenvalue weighted by Gasteiger charge is -2.46. The summed E-state index contributed by atoms with van der Waals surface area (Å²) in [7, 11) is 0. The third-order valence-corrected chi connectivity index (χ3v) is 12.7. The van der Waals surface area contributed by atoms with E-state index in [9.17, 15) is 0 Å². The molecule has 3 heteroatoms. The molecule has 0 spiro atoms. The topological polar surface area (TPSA) is 13.1 Å². The maximum absolute atomic E-state index is 2.46. The van der Waals surface area contributed by atoms with Crippen molar-refractivity contribution in [1.29, 1.82) is 0 Å². The fourth-order valence-electron chi connectivity index (χ4n) is 10.3. The Morgan fingerprint density at radius 2 is 0.845 bits per heavy atom. The van der Waals surface area contributed by atoms with Gasteiger partial charge in [-0.2, -0.15) is 0 Å². The number of benzene rings is 8. The van der Waals surface area contributed by atoms with Crippen molar-refractivity contribution in [2.75, 3.05) is 4.90 Å². The number of hydrogen-bond donors (Lipinski definition) is 0. The second kappa shape index (κ2) is 12.8. The highest BCUT2D eigenvalue weighted by Gasteiger charge is 2.46. The van der Waals surface area contributed by atoms with E-state index >= 15 is 0 Å². The maximum atomic E-state index is 2.46. The Labute approximate surface area is 338 Å². The molecule has 3 heterocycles. The second-order valence-electron chi connectivity index (χ2n) is 15.6. The molecule has 274 valence electrons. The zero-order valence-corrected chi connectivity index (χ0v) is 32.0. The predicted octanol–water partition coefficient (Wildman–Crippen LogP) is 13.9. The van der Waals surface area contributed by atoms with Crippen LogP contribution in [0, 0.1) is 0 Å². The first kappa shape index (κ1) is 32.8. The van der Waals surface area contributed by atoms with Crippen LogP contribution in [0.1, 0.15) is 39.9 Å². The molecule has 0 atom stereocenters. The number of aromatic nitrogens is 2. The van der Waals surface area contributed by atoms with Crippen molar-refractivity contribution >= 4 is 55.8 Å². The van der Waals surface area contributed by atoms with E-state index in [1.54, 1.807) is 0 Å². The van der Waals surface area contributed by atoms with Gasteiger partial charge in [-0.3, -0.25) is 0 Å². The van der Waals surface area contributed by atoms with Crippen molar-refractivity contribution in [2.24, 2.45) is 0 Å². The van der Waals surface area contributed by atoms with Gasteiger partial charge in [0.15, 0.2) is 0 Å². The van der Waals surface area contributed by atoms with Gasteiger partial charge in [-0.1, -0.05) is 140 Å². The maximum Gasteiger partial charge on any atom is 0.0742 e. The van der Waals surface area contributed by atoms with Gasteiger partial charge >= 0.3 is 0 Å². The Morgan fingerprint density at radius 3 is 1.43 bits per heavy atom. The molecule has 8 aromatic carbocycles. The van der Waals surface area contributed by atoms with Gasteiger partial charge in [0.25, 0.3) is 0 Å². The molecule has 0 radical (unpaired) electrons. The molecule has 12 rings (SSSR count). The number of allylic oxidation sites excluding steroid dienone is 1. The Hall–Kier alpha value is -7.36. The standard InChI is InChI=1S/C55H39N3/c1-2-16-40(17-3-1)58-53-28-14-8-22-47(53)55(48-23-9-15-29-54(48)58,38-30-34-41(35-31-38)56-49-24-10-4-18-43(49)44-19-5-11-25-50(44)56)39-32-36-42(37-33-39)57-51-26-12-6-20-45(51)46-21-7-13-27-52(46)57/h1-6,8-20,22-37H,7,21H2. The first-order valence-electron chi connectivity index (χ1n) is 20.3. The van der Waals surface area contributed by atoms with E-state index in [4.69, 9.17) is 0 Å². The number of hydrogen-bond acceptors (Lipinski definition) is 1. The van der Waals surface area contributed by atoms with E-state index in [0.29, 0.717) is 0 Å². The van der Waals surface area contributed by atoms with Crippen LogP contribution in [0.15, 0.2) is 206 Å². The Balaban J connectivity index is 1.11. The monoisotopic (exact) mass is 741 g/mol. The second-order valence-corrected chi connectivity index (χ2v) is 15.6. The van der Waals surface area contributed by atoms with E-state index in [2.05, 4.69) is 226 Å². The van der Waals surface area contributed by atoms with Gasteiger partial charge in [0.2, 0.25) is 0 Å². The highest BCUT2D eigenvalue weighted by molar-refractivity contribution is 6.09. The fraction of sp³-hybridized carbons (Fsp3) is 0.0545. The summed E-state index contributed by atoms with van der Waals surface area (Å²) in [5, 5.41) is 3.88. The highest BCUT2D eigenvalue weighted by atomic mass is 15.2. The summed E-state index contributed by atoms with van der Waals surface area (Å²) in [6, 6.07) is 74.0. The van der Waals surface area contributed by atoms with Crippen LogP contribution in [0.25, 0.3) is 50.2 Å². The van der Waals surface area contributed by atoms with Crippen LogP contribution >= 0.6 is 0 Å². The summed E-state index contributed by atoms with van der Waals surface area (Å²) in [4.78, 5) is 2.44. The van der Waals surface area contributed by atoms with E-state index in [-0.39, 0.29) is 0 Å². The molecule has 1 aliphatic carbocycles. The van der Waals surface area contributed by atoms with Crippen LogP contribution in [0.4, 0.5) is 17.1 Å². The zero-order chi connectivity index (χ0) is 38.2. The van der Waals surface area contributed by atoms with Crippen LogP contribution in [-0.4, -0.2) is 9.13 Å². The van der Waals surface area contributed by atoms with E-state index in [1.807, 2.05) is 0 Å². The molecule has 58 heavy (non-hydrogen) atoms. The largest absolute Gasteiger partial charge is 0.310 e. The third kappa shape index (κ3) is 4.62. The van der Waals surface area contributed by atoms with Crippen LogP contribution in [0.5, 0.6) is 0 Å².